The van der Waals surface area contributed by atoms with Crippen LogP contribution in [0.15, 0.2) is 23.1 Å². The molecule has 0 atom stereocenters. The first kappa shape index (κ1) is 18.5. The minimum Gasteiger partial charge on any atom is -0.339 e. The number of nitrogens with zero attached hydrogens (tertiary/aromatic N) is 2. The zero-order valence-electron chi connectivity index (χ0n) is 14.5. The van der Waals surface area contributed by atoms with Crippen LogP contribution in [0.5, 0.6) is 0 Å². The molecule has 8 heteroatoms. The Morgan fingerprint density at radius 3 is 2.42 bits per heavy atom. The van der Waals surface area contributed by atoms with Gasteiger partial charge in [0.15, 0.2) is 0 Å². The lowest BCUT2D eigenvalue weighted by molar-refractivity contribution is -0.139. The summed E-state index contributed by atoms with van der Waals surface area (Å²) in [5.41, 5.74) is -0.492. The molecule has 142 valence electrons. The Labute approximate surface area is 164 Å². The van der Waals surface area contributed by atoms with Gasteiger partial charge in [-0.3, -0.25) is 4.79 Å². The van der Waals surface area contributed by atoms with Gasteiger partial charge in [-0.1, -0.05) is 36.0 Å². The minimum absolute atomic E-state index is 0.0880. The lowest BCUT2D eigenvalue weighted by Crippen LogP contribution is -2.64. The first-order valence-corrected chi connectivity index (χ1v) is 11.3. The Hall–Kier alpha value is -0.820. The van der Waals surface area contributed by atoms with Gasteiger partial charge in [-0.25, -0.2) is 8.42 Å². The molecule has 5 nitrogen and oxygen atoms in total. The maximum absolute atomic E-state index is 13.4. The number of hydrogen-bond acceptors (Lipinski definition) is 3. The third-order valence-corrected chi connectivity index (χ3v) is 8.52. The van der Waals surface area contributed by atoms with Crippen LogP contribution in [0.3, 0.4) is 0 Å². The van der Waals surface area contributed by atoms with Crippen LogP contribution in [-0.2, 0) is 14.8 Å². The van der Waals surface area contributed by atoms with Crippen molar-refractivity contribution in [3.63, 3.8) is 0 Å². The van der Waals surface area contributed by atoms with Gasteiger partial charge in [-0.15, -0.1) is 0 Å². The van der Waals surface area contributed by atoms with Crippen LogP contribution in [-0.4, -0.2) is 48.7 Å². The molecular formula is C18H22Cl2N2O3S. The molecule has 2 saturated carbocycles. The van der Waals surface area contributed by atoms with Gasteiger partial charge in [0.25, 0.3) is 0 Å². The van der Waals surface area contributed by atoms with E-state index >= 15 is 0 Å². The van der Waals surface area contributed by atoms with Crippen LogP contribution in [0, 0.1) is 5.92 Å². The second-order valence-electron chi connectivity index (χ2n) is 7.74. The van der Waals surface area contributed by atoms with Crippen LogP contribution in [0.4, 0.5) is 0 Å². The van der Waals surface area contributed by atoms with Crippen molar-refractivity contribution in [1.82, 2.24) is 9.21 Å². The third-order valence-electron chi connectivity index (χ3n) is 5.83. The number of carbonyl (C=O) groups is 1. The summed E-state index contributed by atoms with van der Waals surface area (Å²) in [5.74, 6) is 0.494. The smallest absolute Gasteiger partial charge is 0.244 e. The van der Waals surface area contributed by atoms with E-state index in [1.807, 2.05) is 4.90 Å². The molecule has 4 rings (SSSR count). The normalized spacial score (nSPS) is 23.8. The number of rotatable bonds is 4. The van der Waals surface area contributed by atoms with E-state index in [0.29, 0.717) is 17.5 Å². The molecule has 1 spiro atoms. The summed E-state index contributed by atoms with van der Waals surface area (Å²) in [7, 11) is -3.82. The number of carbonyl (C=O) groups excluding carboxylic acids is 1. The third kappa shape index (κ3) is 3.26. The van der Waals surface area contributed by atoms with Gasteiger partial charge >= 0.3 is 0 Å². The molecule has 3 aliphatic rings. The van der Waals surface area contributed by atoms with E-state index in [-0.39, 0.29) is 22.4 Å². The Kier molecular flexibility index (Phi) is 4.75. The summed E-state index contributed by atoms with van der Waals surface area (Å²) in [6.45, 7) is 1.18. The molecule has 0 bridgehead atoms. The summed E-state index contributed by atoms with van der Waals surface area (Å²) >= 11 is 12.0. The molecule has 1 aromatic rings. The average Bonchev–Trinajstić information content (AvgIpc) is 3.30. The zero-order valence-corrected chi connectivity index (χ0v) is 16.8. The van der Waals surface area contributed by atoms with Crippen LogP contribution in [0.1, 0.15) is 38.5 Å². The van der Waals surface area contributed by atoms with Gasteiger partial charge < -0.3 is 4.90 Å². The molecule has 0 unspecified atom stereocenters. The lowest BCUT2D eigenvalue weighted by Gasteiger charge is -2.47. The van der Waals surface area contributed by atoms with E-state index in [0.717, 1.165) is 32.2 Å². The molecule has 2 aliphatic carbocycles. The number of amides is 1. The van der Waals surface area contributed by atoms with E-state index in [2.05, 4.69) is 0 Å². The van der Waals surface area contributed by atoms with Crippen molar-refractivity contribution in [3.05, 3.63) is 28.2 Å². The number of piperazine rings is 1. The topological polar surface area (TPSA) is 57.7 Å². The fourth-order valence-electron chi connectivity index (χ4n) is 4.24. The Morgan fingerprint density at radius 1 is 1.12 bits per heavy atom. The maximum atomic E-state index is 13.4. The van der Waals surface area contributed by atoms with Gasteiger partial charge in [0.1, 0.15) is 0 Å². The molecule has 1 amide bonds. The molecule has 0 N–H and O–H groups in total. The summed E-state index contributed by atoms with van der Waals surface area (Å²) in [6.07, 6.45) is 5.89. The standard InChI is InChI=1S/C18H22Cl2N2O3S/c19-15-6-5-14(9-16(15)20)26(24,25)22-11-17(23)21(10-13-3-4-13)12-18(22)7-1-2-8-18/h5-6,9,13H,1-4,7-8,10-12H2. The van der Waals surface area contributed by atoms with E-state index < -0.39 is 15.6 Å². The maximum Gasteiger partial charge on any atom is 0.244 e. The first-order chi connectivity index (χ1) is 12.3. The summed E-state index contributed by atoms with van der Waals surface area (Å²) in [5, 5.41) is 0.512. The Morgan fingerprint density at radius 2 is 1.81 bits per heavy atom. The van der Waals surface area contributed by atoms with E-state index in [1.165, 1.54) is 35.3 Å². The molecule has 0 radical (unpaired) electrons. The van der Waals surface area contributed by atoms with Gasteiger partial charge in [-0.05, 0) is 49.8 Å². The first-order valence-electron chi connectivity index (χ1n) is 9.08. The van der Waals surface area contributed by atoms with Crippen molar-refractivity contribution in [2.75, 3.05) is 19.6 Å². The Balaban J connectivity index is 1.68. The highest BCUT2D eigenvalue weighted by Gasteiger charge is 2.52. The fourth-order valence-corrected chi connectivity index (χ4v) is 6.39. The molecule has 1 heterocycles. The van der Waals surface area contributed by atoms with Crippen LogP contribution < -0.4 is 0 Å². The predicted octanol–water partition coefficient (Wildman–Crippen LogP) is 3.55. The summed E-state index contributed by atoms with van der Waals surface area (Å²) < 4.78 is 28.1. The monoisotopic (exact) mass is 416 g/mol. The van der Waals surface area contributed by atoms with Crippen LogP contribution in [0.2, 0.25) is 10.0 Å². The largest absolute Gasteiger partial charge is 0.339 e. The molecule has 1 aliphatic heterocycles. The SMILES string of the molecule is O=C1CN(S(=O)(=O)c2ccc(Cl)c(Cl)c2)C2(CCCC2)CN1CC1CC1. The number of benzene rings is 1. The molecule has 1 saturated heterocycles. The van der Waals surface area contributed by atoms with Crippen LogP contribution in [0.25, 0.3) is 0 Å². The second kappa shape index (κ2) is 6.66. The minimum atomic E-state index is -3.82. The van der Waals surface area contributed by atoms with Crippen molar-refractivity contribution in [3.8, 4) is 0 Å². The second-order valence-corrected chi connectivity index (χ2v) is 10.4. The van der Waals surface area contributed by atoms with E-state index in [1.54, 1.807) is 0 Å². The lowest BCUT2D eigenvalue weighted by atomic mass is 9.94. The highest BCUT2D eigenvalue weighted by Crippen LogP contribution is 2.43. The van der Waals surface area contributed by atoms with E-state index in [4.69, 9.17) is 23.2 Å². The Bertz CT molecular complexity index is 833. The molecule has 0 aromatic heterocycles. The highest BCUT2D eigenvalue weighted by atomic mass is 35.5. The van der Waals surface area contributed by atoms with Crippen molar-refractivity contribution in [1.29, 1.82) is 0 Å². The van der Waals surface area contributed by atoms with E-state index in [9.17, 15) is 13.2 Å². The van der Waals surface area contributed by atoms with Crippen molar-refractivity contribution in [2.24, 2.45) is 5.92 Å². The quantitative estimate of drug-likeness (QED) is 0.753. The van der Waals surface area contributed by atoms with Gasteiger partial charge in [0.2, 0.25) is 15.9 Å². The van der Waals surface area contributed by atoms with Crippen molar-refractivity contribution >= 4 is 39.1 Å². The number of sulfonamides is 1. The molecular weight excluding hydrogens is 395 g/mol. The number of hydrogen-bond donors (Lipinski definition) is 0. The zero-order chi connectivity index (χ0) is 18.5. The van der Waals surface area contributed by atoms with Gasteiger partial charge in [0, 0.05) is 13.1 Å². The van der Waals surface area contributed by atoms with Gasteiger partial charge in [0.05, 0.1) is 27.0 Å². The highest BCUT2D eigenvalue weighted by molar-refractivity contribution is 7.89. The molecule has 26 heavy (non-hydrogen) atoms. The average molecular weight is 417 g/mol. The van der Waals surface area contributed by atoms with Crippen molar-refractivity contribution < 1.29 is 13.2 Å². The number of halogens is 2. The van der Waals surface area contributed by atoms with Crippen LogP contribution >= 0.6 is 23.2 Å². The van der Waals surface area contributed by atoms with Crippen molar-refractivity contribution in [2.45, 2.75) is 49.0 Å². The molecule has 1 aromatic carbocycles. The van der Waals surface area contributed by atoms with Gasteiger partial charge in [-0.2, -0.15) is 4.31 Å². The predicted molar refractivity (Wildman–Crippen MR) is 101 cm³/mol. The summed E-state index contributed by atoms with van der Waals surface area (Å²) in [6, 6.07) is 4.33. The fraction of sp³-hybridized carbons (Fsp3) is 0.611. The summed E-state index contributed by atoms with van der Waals surface area (Å²) in [4.78, 5) is 14.7. The molecule has 3 fully saturated rings.